The zero-order valence-corrected chi connectivity index (χ0v) is 9.78. The molecule has 0 N–H and O–H groups in total. The molecule has 1 amide bonds. The number of pyridine rings is 1. The Labute approximate surface area is 99.0 Å². The molecule has 4 nitrogen and oxygen atoms in total. The molecule has 1 aliphatic rings. The largest absolute Gasteiger partial charge is 0.448 e. The van der Waals surface area contributed by atoms with E-state index in [1.54, 1.807) is 22.9 Å². The minimum absolute atomic E-state index is 0.178. The van der Waals surface area contributed by atoms with E-state index in [-0.39, 0.29) is 6.09 Å². The number of aromatic nitrogens is 1. The van der Waals surface area contributed by atoms with Crippen LogP contribution in [-0.2, 0) is 4.74 Å². The Morgan fingerprint density at radius 2 is 2.44 bits per heavy atom. The third kappa shape index (κ3) is 3.13. The smallest absolute Gasteiger partial charge is 0.409 e. The average Bonchev–Trinajstić information content (AvgIpc) is 2.72. The van der Waals surface area contributed by atoms with Gasteiger partial charge in [0.15, 0.2) is 0 Å². The highest BCUT2D eigenvalue weighted by atomic mass is 32.2. The van der Waals surface area contributed by atoms with Crippen molar-refractivity contribution in [1.82, 2.24) is 9.88 Å². The van der Waals surface area contributed by atoms with Crippen LogP contribution in [-0.4, -0.2) is 41.4 Å². The zero-order valence-electron chi connectivity index (χ0n) is 8.96. The molecule has 16 heavy (non-hydrogen) atoms. The van der Waals surface area contributed by atoms with Crippen LogP contribution in [0.3, 0.4) is 0 Å². The fraction of sp³-hybridized carbons (Fsp3) is 0.455. The molecule has 0 aromatic carbocycles. The van der Waals surface area contributed by atoms with Crippen molar-refractivity contribution >= 4 is 17.9 Å². The van der Waals surface area contributed by atoms with Crippen molar-refractivity contribution in [1.29, 1.82) is 0 Å². The lowest BCUT2D eigenvalue weighted by atomic mass is 10.4. The second-order valence-corrected chi connectivity index (χ2v) is 4.59. The summed E-state index contributed by atoms with van der Waals surface area (Å²) in [7, 11) is 0. The fourth-order valence-electron chi connectivity index (χ4n) is 1.49. The van der Waals surface area contributed by atoms with Crippen molar-refractivity contribution in [3.05, 3.63) is 24.4 Å². The van der Waals surface area contributed by atoms with E-state index in [2.05, 4.69) is 4.98 Å². The van der Waals surface area contributed by atoms with Gasteiger partial charge in [-0.25, -0.2) is 9.78 Å². The van der Waals surface area contributed by atoms with Crippen molar-refractivity contribution < 1.29 is 9.53 Å². The Balaban J connectivity index is 1.64. The van der Waals surface area contributed by atoms with Gasteiger partial charge in [-0.05, 0) is 18.6 Å². The molecule has 0 aliphatic carbocycles. The molecule has 0 spiro atoms. The molecule has 0 saturated carbocycles. The zero-order chi connectivity index (χ0) is 11.2. The lowest BCUT2D eigenvalue weighted by Gasteiger charge is -2.11. The monoisotopic (exact) mass is 238 g/mol. The lowest BCUT2D eigenvalue weighted by Crippen LogP contribution is -2.25. The number of nitrogens with zero attached hydrogens (tertiary/aromatic N) is 2. The predicted molar refractivity (Wildman–Crippen MR) is 62.5 cm³/mol. The summed E-state index contributed by atoms with van der Waals surface area (Å²) in [4.78, 5) is 17.1. The number of thioether (sulfide) groups is 1. The van der Waals surface area contributed by atoms with Crippen LogP contribution in [0.15, 0.2) is 29.4 Å². The van der Waals surface area contributed by atoms with Gasteiger partial charge in [0, 0.05) is 18.5 Å². The number of hydrogen-bond donors (Lipinski definition) is 0. The highest BCUT2D eigenvalue weighted by Crippen LogP contribution is 2.15. The molecule has 1 aliphatic heterocycles. The first-order valence-corrected chi connectivity index (χ1v) is 6.30. The van der Waals surface area contributed by atoms with Crippen LogP contribution in [0.4, 0.5) is 4.79 Å². The first-order chi connectivity index (χ1) is 7.86. The summed E-state index contributed by atoms with van der Waals surface area (Å²) in [5.74, 6) is 0.973. The highest BCUT2D eigenvalue weighted by molar-refractivity contribution is 7.99. The van der Waals surface area contributed by atoms with Crippen molar-refractivity contribution in [2.75, 3.05) is 25.4 Å². The van der Waals surface area contributed by atoms with Gasteiger partial charge in [-0.15, -0.1) is 11.8 Å². The van der Waals surface area contributed by atoms with E-state index in [9.17, 15) is 4.79 Å². The van der Waals surface area contributed by atoms with Crippen LogP contribution < -0.4 is 0 Å². The van der Waals surface area contributed by atoms with E-state index >= 15 is 0 Å². The molecule has 2 heterocycles. The van der Waals surface area contributed by atoms with E-state index in [1.165, 1.54) is 0 Å². The van der Waals surface area contributed by atoms with E-state index < -0.39 is 0 Å². The number of rotatable bonds is 5. The van der Waals surface area contributed by atoms with Crippen LogP contribution >= 0.6 is 11.8 Å². The Morgan fingerprint density at radius 1 is 1.50 bits per heavy atom. The van der Waals surface area contributed by atoms with Crippen molar-refractivity contribution in [3.8, 4) is 0 Å². The summed E-state index contributed by atoms with van der Waals surface area (Å²) < 4.78 is 4.85. The summed E-state index contributed by atoms with van der Waals surface area (Å²) in [6.45, 7) is 2.04. The molecule has 2 rings (SSSR count). The molecule has 1 fully saturated rings. The number of amides is 1. The van der Waals surface area contributed by atoms with Crippen LogP contribution in [0.2, 0.25) is 0 Å². The predicted octanol–water partition coefficient (Wildman–Crippen LogP) is 2.02. The average molecular weight is 238 g/mol. The summed E-state index contributed by atoms with van der Waals surface area (Å²) in [5, 5.41) is 1.03. The van der Waals surface area contributed by atoms with Gasteiger partial charge in [0.25, 0.3) is 0 Å². The van der Waals surface area contributed by atoms with Gasteiger partial charge in [-0.3, -0.25) is 0 Å². The second-order valence-electron chi connectivity index (χ2n) is 3.47. The van der Waals surface area contributed by atoms with Crippen molar-refractivity contribution in [3.63, 3.8) is 0 Å². The number of carbonyl (C=O) groups excluding carboxylic acids is 1. The topological polar surface area (TPSA) is 42.4 Å². The Morgan fingerprint density at radius 3 is 3.12 bits per heavy atom. The number of cyclic esters (lactones) is 1. The van der Waals surface area contributed by atoms with Gasteiger partial charge in [0.1, 0.15) is 6.61 Å². The molecule has 1 saturated heterocycles. The number of hydrogen-bond acceptors (Lipinski definition) is 4. The van der Waals surface area contributed by atoms with E-state index in [0.29, 0.717) is 6.61 Å². The van der Waals surface area contributed by atoms with Crippen molar-refractivity contribution in [2.24, 2.45) is 0 Å². The van der Waals surface area contributed by atoms with Gasteiger partial charge in [0.05, 0.1) is 11.6 Å². The molecule has 0 atom stereocenters. The summed E-state index contributed by atoms with van der Waals surface area (Å²) in [6.07, 6.45) is 2.58. The highest BCUT2D eigenvalue weighted by Gasteiger charge is 2.20. The standard InChI is InChI=1S/C11H14N2O2S/c14-11-13(7-8-15-11)6-3-9-16-10-4-1-2-5-12-10/h1-2,4-5H,3,6-9H2. The minimum atomic E-state index is -0.178. The molecule has 1 aromatic rings. The number of carbonyl (C=O) groups is 1. The van der Waals surface area contributed by atoms with Crippen LogP contribution in [0, 0.1) is 0 Å². The normalized spacial score (nSPS) is 15.2. The van der Waals surface area contributed by atoms with E-state index in [1.807, 2.05) is 18.2 Å². The summed E-state index contributed by atoms with van der Waals surface area (Å²) >= 11 is 1.72. The second kappa shape index (κ2) is 5.75. The molecule has 5 heteroatoms. The number of ether oxygens (including phenoxy) is 1. The molecule has 0 radical (unpaired) electrons. The molecule has 0 unspecified atom stereocenters. The van der Waals surface area contributed by atoms with E-state index in [0.717, 1.165) is 30.3 Å². The van der Waals surface area contributed by atoms with Crippen molar-refractivity contribution in [2.45, 2.75) is 11.4 Å². The van der Waals surface area contributed by atoms with Gasteiger partial charge in [-0.2, -0.15) is 0 Å². The third-order valence-electron chi connectivity index (χ3n) is 2.31. The van der Waals surface area contributed by atoms with Gasteiger partial charge < -0.3 is 9.64 Å². The maximum atomic E-state index is 11.1. The van der Waals surface area contributed by atoms with E-state index in [4.69, 9.17) is 4.74 Å². The molecular weight excluding hydrogens is 224 g/mol. The van der Waals surface area contributed by atoms with Crippen LogP contribution in [0.5, 0.6) is 0 Å². The summed E-state index contributed by atoms with van der Waals surface area (Å²) in [6, 6.07) is 5.88. The van der Waals surface area contributed by atoms with Gasteiger partial charge >= 0.3 is 6.09 Å². The Bertz CT molecular complexity index is 345. The first kappa shape index (κ1) is 11.3. The maximum absolute atomic E-state index is 11.1. The summed E-state index contributed by atoms with van der Waals surface area (Å²) in [5.41, 5.74) is 0. The molecule has 0 bridgehead atoms. The quantitative estimate of drug-likeness (QED) is 0.581. The first-order valence-electron chi connectivity index (χ1n) is 5.32. The van der Waals surface area contributed by atoms with Gasteiger partial charge in [-0.1, -0.05) is 6.07 Å². The molecular formula is C11H14N2O2S. The lowest BCUT2D eigenvalue weighted by molar-refractivity contribution is 0.158. The Hall–Kier alpha value is -1.23. The fourth-order valence-corrected chi connectivity index (χ4v) is 2.29. The van der Waals surface area contributed by atoms with Gasteiger partial charge in [0.2, 0.25) is 0 Å². The maximum Gasteiger partial charge on any atom is 0.409 e. The van der Waals surface area contributed by atoms with Crippen LogP contribution in [0.25, 0.3) is 0 Å². The SMILES string of the molecule is O=C1OCCN1CCCSc1ccccn1. The van der Waals surface area contributed by atoms with Crippen LogP contribution in [0.1, 0.15) is 6.42 Å². The minimum Gasteiger partial charge on any atom is -0.448 e. The molecule has 1 aromatic heterocycles. The third-order valence-corrected chi connectivity index (χ3v) is 3.34. The Kier molecular flexibility index (Phi) is 4.04. The molecule has 86 valence electrons.